The fourth-order valence-electron chi connectivity index (χ4n) is 2.83. The number of nitrogens with zero attached hydrogens (tertiary/aromatic N) is 2. The van der Waals surface area contributed by atoms with Crippen molar-refractivity contribution in [2.75, 3.05) is 13.1 Å². The number of aromatic nitrogens is 2. The average Bonchev–Trinajstić information content (AvgIpc) is 3.24. The fraction of sp³-hybridized carbons (Fsp3) is 0.227. The van der Waals surface area contributed by atoms with Gasteiger partial charge in [-0.15, -0.1) is 0 Å². The maximum Gasteiger partial charge on any atom is 0.224 e. The highest BCUT2D eigenvalue weighted by atomic mass is 16.2. The Hall–Kier alpha value is -3.41. The number of rotatable bonds is 9. The second-order valence-corrected chi connectivity index (χ2v) is 6.48. The molecule has 144 valence electrons. The summed E-state index contributed by atoms with van der Waals surface area (Å²) in [6.07, 6.45) is 5.00. The standard InChI is InChI=1S/C22H24N4O2/c27-21(12-15-24-22(28)17-19-5-2-1-3-6-19)23-14-11-18-7-9-20(10-8-18)26-16-4-13-25-26/h1-10,13,16H,11-12,14-15,17H2,(H,23,27)(H,24,28). The third-order valence-electron chi connectivity index (χ3n) is 4.32. The number of benzene rings is 2. The maximum absolute atomic E-state index is 11.9. The highest BCUT2D eigenvalue weighted by molar-refractivity contribution is 5.80. The predicted octanol–water partition coefficient (Wildman–Crippen LogP) is 2.28. The minimum absolute atomic E-state index is 0.0619. The van der Waals surface area contributed by atoms with E-state index in [0.717, 1.165) is 23.2 Å². The van der Waals surface area contributed by atoms with Crippen LogP contribution < -0.4 is 10.6 Å². The van der Waals surface area contributed by atoms with Crippen molar-refractivity contribution >= 4 is 11.8 Å². The van der Waals surface area contributed by atoms with Crippen molar-refractivity contribution in [2.24, 2.45) is 0 Å². The molecule has 0 saturated heterocycles. The van der Waals surface area contributed by atoms with E-state index in [1.165, 1.54) is 0 Å². The number of hydrogen-bond acceptors (Lipinski definition) is 3. The van der Waals surface area contributed by atoms with Crippen LogP contribution in [0.5, 0.6) is 0 Å². The van der Waals surface area contributed by atoms with Crippen LogP contribution in [0.4, 0.5) is 0 Å². The van der Waals surface area contributed by atoms with E-state index in [9.17, 15) is 9.59 Å². The highest BCUT2D eigenvalue weighted by Crippen LogP contribution is 2.08. The topological polar surface area (TPSA) is 76.0 Å². The van der Waals surface area contributed by atoms with Crippen LogP contribution >= 0.6 is 0 Å². The van der Waals surface area contributed by atoms with E-state index in [-0.39, 0.29) is 18.2 Å². The Morgan fingerprint density at radius 3 is 2.29 bits per heavy atom. The van der Waals surface area contributed by atoms with Gasteiger partial charge in [0.15, 0.2) is 0 Å². The minimum Gasteiger partial charge on any atom is -0.356 e. The summed E-state index contributed by atoms with van der Waals surface area (Å²) in [4.78, 5) is 23.8. The van der Waals surface area contributed by atoms with Crippen LogP contribution in [0.3, 0.4) is 0 Å². The lowest BCUT2D eigenvalue weighted by atomic mass is 10.1. The van der Waals surface area contributed by atoms with Crippen molar-refractivity contribution in [3.05, 3.63) is 84.2 Å². The van der Waals surface area contributed by atoms with Crippen molar-refractivity contribution in [3.63, 3.8) is 0 Å². The average molecular weight is 376 g/mol. The smallest absolute Gasteiger partial charge is 0.224 e. The molecule has 1 aromatic heterocycles. The van der Waals surface area contributed by atoms with E-state index in [4.69, 9.17) is 0 Å². The fourth-order valence-corrected chi connectivity index (χ4v) is 2.83. The molecule has 3 rings (SSSR count). The first-order valence-electron chi connectivity index (χ1n) is 9.37. The summed E-state index contributed by atoms with van der Waals surface area (Å²) >= 11 is 0. The van der Waals surface area contributed by atoms with Crippen molar-refractivity contribution in [1.29, 1.82) is 0 Å². The van der Waals surface area contributed by atoms with Crippen molar-refractivity contribution in [2.45, 2.75) is 19.3 Å². The molecule has 2 N–H and O–H groups in total. The molecule has 0 radical (unpaired) electrons. The van der Waals surface area contributed by atoms with E-state index in [2.05, 4.69) is 15.7 Å². The van der Waals surface area contributed by atoms with Gasteiger partial charge in [0.25, 0.3) is 0 Å². The van der Waals surface area contributed by atoms with Gasteiger partial charge in [-0.3, -0.25) is 9.59 Å². The number of amides is 2. The van der Waals surface area contributed by atoms with Gasteiger partial charge in [-0.25, -0.2) is 4.68 Å². The molecule has 2 amide bonds. The Morgan fingerprint density at radius 1 is 0.821 bits per heavy atom. The third kappa shape index (κ3) is 6.09. The molecule has 0 aliphatic rings. The van der Waals surface area contributed by atoms with Crippen LogP contribution in [-0.2, 0) is 22.4 Å². The van der Waals surface area contributed by atoms with Gasteiger partial charge < -0.3 is 10.6 Å². The normalized spacial score (nSPS) is 10.4. The summed E-state index contributed by atoms with van der Waals surface area (Å²) in [6.45, 7) is 0.911. The lowest BCUT2D eigenvalue weighted by Crippen LogP contribution is -2.32. The Kier molecular flexibility index (Phi) is 6.95. The Morgan fingerprint density at radius 2 is 1.57 bits per heavy atom. The molecule has 0 atom stereocenters. The van der Waals surface area contributed by atoms with E-state index < -0.39 is 0 Å². The van der Waals surface area contributed by atoms with Gasteiger partial charge >= 0.3 is 0 Å². The first-order valence-corrected chi connectivity index (χ1v) is 9.37. The summed E-state index contributed by atoms with van der Waals surface area (Å²) in [7, 11) is 0. The van der Waals surface area contributed by atoms with Gasteiger partial charge in [0.05, 0.1) is 12.1 Å². The van der Waals surface area contributed by atoms with Crippen LogP contribution in [0.25, 0.3) is 5.69 Å². The summed E-state index contributed by atoms with van der Waals surface area (Å²) in [5, 5.41) is 9.87. The first-order chi connectivity index (χ1) is 13.7. The molecule has 0 bridgehead atoms. The van der Waals surface area contributed by atoms with Gasteiger partial charge in [-0.1, -0.05) is 42.5 Å². The van der Waals surface area contributed by atoms with Gasteiger partial charge in [-0.05, 0) is 35.7 Å². The van der Waals surface area contributed by atoms with Crippen LogP contribution in [-0.4, -0.2) is 34.7 Å². The summed E-state index contributed by atoms with van der Waals surface area (Å²) in [6, 6.07) is 19.5. The van der Waals surface area contributed by atoms with E-state index in [1.807, 2.05) is 66.9 Å². The molecule has 0 unspecified atom stereocenters. The van der Waals surface area contributed by atoms with E-state index >= 15 is 0 Å². The SMILES string of the molecule is O=C(CCNC(=O)Cc1ccccc1)NCCc1ccc(-n2cccn2)cc1. The molecular formula is C22H24N4O2. The zero-order valence-corrected chi connectivity index (χ0v) is 15.7. The second kappa shape index (κ2) is 10.1. The van der Waals surface area contributed by atoms with E-state index in [0.29, 0.717) is 19.5 Å². The van der Waals surface area contributed by atoms with Crippen molar-refractivity contribution < 1.29 is 9.59 Å². The van der Waals surface area contributed by atoms with Crippen molar-refractivity contribution in [3.8, 4) is 5.69 Å². The second-order valence-electron chi connectivity index (χ2n) is 6.48. The predicted molar refractivity (Wildman–Crippen MR) is 108 cm³/mol. The summed E-state index contributed by atoms with van der Waals surface area (Å²) in [5.74, 6) is -0.135. The number of hydrogen-bond donors (Lipinski definition) is 2. The van der Waals surface area contributed by atoms with E-state index in [1.54, 1.807) is 10.9 Å². The van der Waals surface area contributed by atoms with Gasteiger partial charge in [0.1, 0.15) is 0 Å². The molecule has 6 nitrogen and oxygen atoms in total. The van der Waals surface area contributed by atoms with Gasteiger partial charge in [0, 0.05) is 31.9 Å². The summed E-state index contributed by atoms with van der Waals surface area (Å²) < 4.78 is 1.80. The van der Waals surface area contributed by atoms with Crippen LogP contribution in [0, 0.1) is 0 Å². The number of carbonyl (C=O) groups is 2. The Bertz CT molecular complexity index is 875. The van der Waals surface area contributed by atoms with Gasteiger partial charge in [-0.2, -0.15) is 5.10 Å². The number of nitrogens with one attached hydrogen (secondary N) is 2. The van der Waals surface area contributed by atoms with Crippen LogP contribution in [0.15, 0.2) is 73.1 Å². The maximum atomic E-state index is 11.9. The molecule has 0 aliphatic heterocycles. The largest absolute Gasteiger partial charge is 0.356 e. The zero-order valence-electron chi connectivity index (χ0n) is 15.7. The monoisotopic (exact) mass is 376 g/mol. The van der Waals surface area contributed by atoms with Crippen LogP contribution in [0.1, 0.15) is 17.5 Å². The lowest BCUT2D eigenvalue weighted by molar-refractivity contribution is -0.122. The summed E-state index contributed by atoms with van der Waals surface area (Å²) in [5.41, 5.74) is 3.11. The zero-order chi connectivity index (χ0) is 19.6. The molecule has 0 fully saturated rings. The molecule has 0 spiro atoms. The molecule has 6 heteroatoms. The Labute approximate surface area is 164 Å². The molecule has 1 heterocycles. The molecule has 3 aromatic rings. The number of carbonyl (C=O) groups excluding carboxylic acids is 2. The molecule has 0 saturated carbocycles. The Balaban J connectivity index is 1.31. The molecule has 28 heavy (non-hydrogen) atoms. The molecular weight excluding hydrogens is 352 g/mol. The minimum atomic E-state index is -0.0729. The lowest BCUT2D eigenvalue weighted by Gasteiger charge is -2.08. The van der Waals surface area contributed by atoms with Gasteiger partial charge in [0.2, 0.25) is 11.8 Å². The highest BCUT2D eigenvalue weighted by Gasteiger charge is 2.05. The quantitative estimate of drug-likeness (QED) is 0.602. The molecule has 0 aliphatic carbocycles. The van der Waals surface area contributed by atoms with Crippen LogP contribution in [0.2, 0.25) is 0 Å². The molecule has 2 aromatic carbocycles. The third-order valence-corrected chi connectivity index (χ3v) is 4.32. The first kappa shape index (κ1) is 19.4. The van der Waals surface area contributed by atoms with Crippen molar-refractivity contribution in [1.82, 2.24) is 20.4 Å².